The number of nitrogens with one attached hydrogen (secondary N) is 1. The first-order chi connectivity index (χ1) is 10.6. The Morgan fingerprint density at radius 3 is 2.18 bits per heavy atom. The van der Waals surface area contributed by atoms with Gasteiger partial charge >= 0.3 is 12.1 Å². The maximum atomic E-state index is 11.7. The van der Waals surface area contributed by atoms with Gasteiger partial charge in [0.05, 0.1) is 0 Å². The lowest BCUT2D eigenvalue weighted by Crippen LogP contribution is -2.27. The highest BCUT2D eigenvalue weighted by Gasteiger charge is 2.12. The molecule has 2 rings (SSSR count). The molecular formula is C17H15NO4. The van der Waals surface area contributed by atoms with Crippen molar-refractivity contribution in [1.29, 1.82) is 0 Å². The monoisotopic (exact) mass is 297 g/mol. The molecule has 0 atom stereocenters. The van der Waals surface area contributed by atoms with Crippen LogP contribution in [0.5, 0.6) is 0 Å². The van der Waals surface area contributed by atoms with E-state index in [1.54, 1.807) is 24.3 Å². The highest BCUT2D eigenvalue weighted by molar-refractivity contribution is 5.95. The molecule has 2 N–H and O–H groups in total. The number of benzene rings is 2. The van der Waals surface area contributed by atoms with Gasteiger partial charge in [-0.15, -0.1) is 0 Å². The number of ether oxygens (including phenoxy) is 1. The molecule has 0 saturated carbocycles. The molecule has 0 aliphatic carbocycles. The molecule has 112 valence electrons. The molecule has 0 aliphatic rings. The minimum absolute atomic E-state index is 0.0743. The summed E-state index contributed by atoms with van der Waals surface area (Å²) in [4.78, 5) is 22.9. The predicted octanol–water partition coefficient (Wildman–Crippen LogP) is 3.04. The number of hydrogen-bond acceptors (Lipinski definition) is 3. The fourth-order valence-corrected chi connectivity index (χ4v) is 1.74. The largest absolute Gasteiger partial charge is 0.477 e. The third-order valence-corrected chi connectivity index (χ3v) is 2.79. The molecule has 1 amide bonds. The van der Waals surface area contributed by atoms with Crippen molar-refractivity contribution in [2.75, 3.05) is 0 Å². The first-order valence-electron chi connectivity index (χ1n) is 6.63. The van der Waals surface area contributed by atoms with Crippen molar-refractivity contribution in [2.45, 2.75) is 6.61 Å². The number of carboxylic acid groups (broad SMARTS) is 1. The maximum Gasteiger partial charge on any atom is 0.412 e. The molecule has 0 aliphatic heterocycles. The lowest BCUT2D eigenvalue weighted by atomic mass is 10.2. The van der Waals surface area contributed by atoms with Crippen molar-refractivity contribution in [1.82, 2.24) is 5.32 Å². The number of carboxylic acids is 1. The highest BCUT2D eigenvalue weighted by atomic mass is 16.5. The van der Waals surface area contributed by atoms with E-state index in [1.165, 1.54) is 6.08 Å². The maximum absolute atomic E-state index is 11.7. The van der Waals surface area contributed by atoms with Crippen molar-refractivity contribution >= 4 is 18.1 Å². The van der Waals surface area contributed by atoms with E-state index in [1.807, 2.05) is 36.4 Å². The molecule has 5 heteroatoms. The number of amides is 1. The van der Waals surface area contributed by atoms with Crippen LogP contribution < -0.4 is 5.32 Å². The summed E-state index contributed by atoms with van der Waals surface area (Å²) in [6.07, 6.45) is 0.556. The van der Waals surface area contributed by atoms with Gasteiger partial charge in [-0.25, -0.2) is 9.59 Å². The normalized spacial score (nSPS) is 10.8. The van der Waals surface area contributed by atoms with Gasteiger partial charge in [0, 0.05) is 0 Å². The summed E-state index contributed by atoms with van der Waals surface area (Å²) in [6, 6.07) is 18.0. The molecule has 0 heterocycles. The van der Waals surface area contributed by atoms with Gasteiger partial charge in [0.2, 0.25) is 0 Å². The van der Waals surface area contributed by atoms with Crippen molar-refractivity contribution in [3.8, 4) is 0 Å². The second kappa shape index (κ2) is 7.64. The molecule has 0 bridgehead atoms. The van der Waals surface area contributed by atoms with E-state index in [0.29, 0.717) is 5.56 Å². The molecule has 2 aromatic carbocycles. The van der Waals surface area contributed by atoms with E-state index in [2.05, 4.69) is 5.32 Å². The Hall–Kier alpha value is -3.08. The average Bonchev–Trinajstić information content (AvgIpc) is 2.54. The Kier molecular flexibility index (Phi) is 5.31. The van der Waals surface area contributed by atoms with Gasteiger partial charge in [-0.3, -0.25) is 5.32 Å². The van der Waals surface area contributed by atoms with Crippen LogP contribution in [0.25, 0.3) is 6.08 Å². The van der Waals surface area contributed by atoms with Gasteiger partial charge in [0.1, 0.15) is 12.3 Å². The summed E-state index contributed by atoms with van der Waals surface area (Å²) in [5, 5.41) is 11.4. The molecule has 0 aromatic heterocycles. The standard InChI is InChI=1S/C17H15NO4/c19-16(20)15(11-13-7-3-1-4-8-13)18-17(21)22-12-14-9-5-2-6-10-14/h1-11H,12H2,(H,18,21)(H,19,20)/b15-11-. The molecule has 0 fully saturated rings. The van der Waals surface area contributed by atoms with Crippen LogP contribution in [0.3, 0.4) is 0 Å². The summed E-state index contributed by atoms with van der Waals surface area (Å²) in [5.74, 6) is -1.24. The molecule has 0 saturated heterocycles. The second-order valence-corrected chi connectivity index (χ2v) is 4.46. The fraction of sp³-hybridized carbons (Fsp3) is 0.0588. The molecule has 22 heavy (non-hydrogen) atoms. The number of carbonyl (C=O) groups excluding carboxylic acids is 1. The Labute approximate surface area is 127 Å². The molecule has 2 aromatic rings. The molecule has 0 unspecified atom stereocenters. The van der Waals surface area contributed by atoms with Crippen molar-refractivity contribution in [3.05, 3.63) is 77.5 Å². The van der Waals surface area contributed by atoms with Crippen LogP contribution in [0.1, 0.15) is 11.1 Å². The second-order valence-electron chi connectivity index (χ2n) is 4.46. The number of hydrogen-bond donors (Lipinski definition) is 2. The van der Waals surface area contributed by atoms with Crippen molar-refractivity contribution < 1.29 is 19.4 Å². The van der Waals surface area contributed by atoms with Crippen LogP contribution in [0, 0.1) is 0 Å². The molecule has 5 nitrogen and oxygen atoms in total. The van der Waals surface area contributed by atoms with Crippen molar-refractivity contribution in [3.63, 3.8) is 0 Å². The number of alkyl carbamates (subject to hydrolysis) is 1. The van der Waals surface area contributed by atoms with E-state index in [-0.39, 0.29) is 12.3 Å². The van der Waals surface area contributed by atoms with E-state index in [0.717, 1.165) is 5.56 Å². The Bertz CT molecular complexity index is 666. The van der Waals surface area contributed by atoms with E-state index < -0.39 is 12.1 Å². The summed E-state index contributed by atoms with van der Waals surface area (Å²) >= 11 is 0. The van der Waals surface area contributed by atoms with Crippen LogP contribution in [-0.4, -0.2) is 17.2 Å². The van der Waals surface area contributed by atoms with Crippen molar-refractivity contribution in [2.24, 2.45) is 0 Å². The topological polar surface area (TPSA) is 75.6 Å². The first kappa shape index (κ1) is 15.3. The van der Waals surface area contributed by atoms with Gasteiger partial charge in [-0.05, 0) is 17.2 Å². The van der Waals surface area contributed by atoms with Crippen LogP contribution in [0.4, 0.5) is 4.79 Å². The van der Waals surface area contributed by atoms with Crippen LogP contribution in [0.2, 0.25) is 0 Å². The van der Waals surface area contributed by atoms with Gasteiger partial charge in [-0.1, -0.05) is 60.7 Å². The lowest BCUT2D eigenvalue weighted by molar-refractivity contribution is -0.132. The Morgan fingerprint density at radius 1 is 1.00 bits per heavy atom. The van der Waals surface area contributed by atoms with Crippen LogP contribution in [-0.2, 0) is 16.1 Å². The molecular weight excluding hydrogens is 282 g/mol. The minimum Gasteiger partial charge on any atom is -0.477 e. The summed E-state index contributed by atoms with van der Waals surface area (Å²) in [7, 11) is 0. The zero-order valence-corrected chi connectivity index (χ0v) is 11.7. The summed E-state index contributed by atoms with van der Waals surface area (Å²) in [6.45, 7) is 0.0743. The number of aliphatic carboxylic acids is 1. The minimum atomic E-state index is -1.24. The fourth-order valence-electron chi connectivity index (χ4n) is 1.74. The third-order valence-electron chi connectivity index (χ3n) is 2.79. The lowest BCUT2D eigenvalue weighted by Gasteiger charge is -2.07. The van der Waals surface area contributed by atoms with Gasteiger partial charge < -0.3 is 9.84 Å². The summed E-state index contributed by atoms with van der Waals surface area (Å²) in [5.41, 5.74) is 1.24. The van der Waals surface area contributed by atoms with Gasteiger partial charge in [-0.2, -0.15) is 0 Å². The van der Waals surface area contributed by atoms with E-state index in [4.69, 9.17) is 9.84 Å². The Balaban J connectivity index is 1.98. The molecule has 0 spiro atoms. The number of rotatable bonds is 5. The van der Waals surface area contributed by atoms with E-state index >= 15 is 0 Å². The number of carbonyl (C=O) groups is 2. The van der Waals surface area contributed by atoms with Crippen LogP contribution in [0.15, 0.2) is 66.4 Å². The average molecular weight is 297 g/mol. The first-order valence-corrected chi connectivity index (χ1v) is 6.63. The third kappa shape index (κ3) is 4.79. The highest BCUT2D eigenvalue weighted by Crippen LogP contribution is 2.06. The smallest absolute Gasteiger partial charge is 0.412 e. The van der Waals surface area contributed by atoms with Gasteiger partial charge in [0.25, 0.3) is 0 Å². The van der Waals surface area contributed by atoms with Crippen LogP contribution >= 0.6 is 0 Å². The Morgan fingerprint density at radius 2 is 1.59 bits per heavy atom. The SMILES string of the molecule is O=C(N/C(=C\c1ccccc1)C(=O)O)OCc1ccccc1. The summed E-state index contributed by atoms with van der Waals surface area (Å²) < 4.78 is 4.99. The zero-order valence-electron chi connectivity index (χ0n) is 11.7. The van der Waals surface area contributed by atoms with E-state index in [9.17, 15) is 9.59 Å². The zero-order chi connectivity index (χ0) is 15.8. The van der Waals surface area contributed by atoms with Gasteiger partial charge in [0.15, 0.2) is 0 Å². The molecule has 0 radical (unpaired) electrons. The predicted molar refractivity (Wildman–Crippen MR) is 81.8 cm³/mol. The quantitative estimate of drug-likeness (QED) is 0.832.